The molecule has 10 rings (SSSR count). The van der Waals surface area contributed by atoms with Crippen molar-refractivity contribution in [2.45, 2.75) is 19.3 Å². The van der Waals surface area contributed by atoms with Crippen molar-refractivity contribution in [2.24, 2.45) is 0 Å². The lowest BCUT2D eigenvalue weighted by Gasteiger charge is -2.22. The Bertz CT molecular complexity index is 4060. The zero-order valence-corrected chi connectivity index (χ0v) is 25.0. The van der Waals surface area contributed by atoms with E-state index in [0.29, 0.717) is 0 Å². The van der Waals surface area contributed by atoms with Gasteiger partial charge < -0.3 is 4.42 Å². The lowest BCUT2D eigenvalue weighted by atomic mass is 9.81. The van der Waals surface area contributed by atoms with Crippen LogP contribution < -0.4 is 0 Å². The summed E-state index contributed by atoms with van der Waals surface area (Å²) in [5.74, 6) is 0. The van der Waals surface area contributed by atoms with Crippen LogP contribution >= 0.6 is 0 Å². The van der Waals surface area contributed by atoms with E-state index in [1.54, 1.807) is 13.8 Å². The molecule has 1 aliphatic carbocycles. The van der Waals surface area contributed by atoms with Crippen molar-refractivity contribution < 1.29 is 38.7 Å². The maximum absolute atomic E-state index is 9.88. The molecular formula is C47H32O. The van der Waals surface area contributed by atoms with E-state index in [-0.39, 0.29) is 22.3 Å². The van der Waals surface area contributed by atoms with E-state index in [4.69, 9.17) is 25.0 Å². The third kappa shape index (κ3) is 3.79. The fraction of sp³-hybridized carbons (Fsp3) is 0.0638. The summed E-state index contributed by atoms with van der Waals surface area (Å²) >= 11 is 0. The van der Waals surface area contributed by atoms with Gasteiger partial charge in [-0.25, -0.2) is 0 Å². The van der Waals surface area contributed by atoms with Crippen LogP contribution in [-0.4, -0.2) is 0 Å². The van der Waals surface area contributed by atoms with Crippen LogP contribution in [0.15, 0.2) is 162 Å². The molecule has 48 heavy (non-hydrogen) atoms. The average molecular weight is 638 g/mol. The maximum atomic E-state index is 9.88. The summed E-state index contributed by atoms with van der Waals surface area (Å²) in [6.07, 6.45) is 0. The predicted octanol–water partition coefficient (Wildman–Crippen LogP) is 13.2. The number of hydrogen-bond acceptors (Lipinski definition) is 1. The van der Waals surface area contributed by atoms with E-state index in [1.807, 2.05) is 0 Å². The van der Waals surface area contributed by atoms with Gasteiger partial charge in [-0.3, -0.25) is 0 Å². The number of furan rings is 1. The van der Waals surface area contributed by atoms with Gasteiger partial charge in [-0.15, -0.1) is 0 Å². The van der Waals surface area contributed by atoms with Gasteiger partial charge in [0.05, 0.1) is 34.3 Å². The van der Waals surface area contributed by atoms with E-state index in [2.05, 4.69) is 0 Å². The van der Waals surface area contributed by atoms with Crippen LogP contribution in [0, 0.1) is 0 Å². The molecule has 1 aromatic heterocycles. The molecule has 0 radical (unpaired) electrons. The molecule has 0 amide bonds. The first-order chi connectivity index (χ1) is 34.0. The molecule has 0 N–H and O–H groups in total. The summed E-state index contributed by atoms with van der Waals surface area (Å²) in [5, 5.41) is -3.28. The maximum Gasteiger partial charge on any atom is 0.136 e. The topological polar surface area (TPSA) is 13.1 Å². The molecule has 0 saturated heterocycles. The molecular weight excluding hydrogens is 581 g/mol. The number of para-hydroxylation sites is 1. The van der Waals surface area contributed by atoms with Gasteiger partial charge in [-0.1, -0.05) is 153 Å². The number of rotatable bonds is 3. The molecule has 0 unspecified atom stereocenters. The summed E-state index contributed by atoms with van der Waals surface area (Å²) in [6.45, 7) is 3.27. The van der Waals surface area contributed by atoms with Gasteiger partial charge >= 0.3 is 0 Å². The van der Waals surface area contributed by atoms with Crippen LogP contribution in [0.25, 0.3) is 88.0 Å². The van der Waals surface area contributed by atoms with E-state index in [0.717, 1.165) is 0 Å². The number of hydrogen-bond donors (Lipinski definition) is 0. The van der Waals surface area contributed by atoms with Crippen LogP contribution in [0.1, 0.15) is 59.2 Å². The molecule has 1 heteroatoms. The Morgan fingerprint density at radius 3 is 1.69 bits per heavy atom. The van der Waals surface area contributed by atoms with Crippen LogP contribution in [0.4, 0.5) is 0 Å². The van der Waals surface area contributed by atoms with Crippen LogP contribution in [0.5, 0.6) is 0 Å². The third-order valence-corrected chi connectivity index (χ3v) is 8.81. The van der Waals surface area contributed by atoms with E-state index < -0.39 is 233 Å². The molecule has 226 valence electrons. The monoisotopic (exact) mass is 637 g/mol. The molecule has 0 fully saturated rings. The minimum absolute atomic E-state index is 0.0849. The molecule has 1 heterocycles. The molecule has 8 aromatic carbocycles. The first-order valence-corrected chi connectivity index (χ1v) is 14.7. The van der Waals surface area contributed by atoms with Crippen molar-refractivity contribution in [3.8, 4) is 44.5 Å². The highest BCUT2D eigenvalue weighted by Crippen LogP contribution is 2.51. The highest BCUT2D eigenvalue weighted by molar-refractivity contribution is 6.21. The second-order valence-corrected chi connectivity index (χ2v) is 11.7. The average Bonchev–Trinajstić information content (AvgIpc) is 3.86. The van der Waals surface area contributed by atoms with Gasteiger partial charge in [0.15, 0.2) is 0 Å². The standard InChI is InChI=1S/C47H32O/c1-47(2)40-19-9-7-12-33(40)39-28-31(26-27-41(39)47)45-36-15-5-3-13-34(36)44(35-14-4-6-16-37(35)45)30-24-22-29(23-25-30)32-18-11-21-43-46(32)38-17-8-10-20-42(38)48-43/h3-28H,1-2H3/i3D,4D,5D,6D,7D,8D,9D,10D,11D,12D,13D,14D,15D,16D,17D,18D,19D,20D,21D,22D,23D,24D,25D,26D,28D. The van der Waals surface area contributed by atoms with Crippen LogP contribution in [0.2, 0.25) is 0 Å². The summed E-state index contributed by atoms with van der Waals surface area (Å²) in [7, 11) is 0. The zero-order valence-electron chi connectivity index (χ0n) is 50.0. The van der Waals surface area contributed by atoms with Crippen molar-refractivity contribution in [1.29, 1.82) is 0 Å². The van der Waals surface area contributed by atoms with Crippen molar-refractivity contribution >= 4 is 43.5 Å². The summed E-state index contributed by atoms with van der Waals surface area (Å²) in [6, 6.07) is -18.6. The Morgan fingerprint density at radius 2 is 0.979 bits per heavy atom. The summed E-state index contributed by atoms with van der Waals surface area (Å²) in [4.78, 5) is 0. The molecule has 0 saturated carbocycles. The molecule has 0 atom stereocenters. The predicted molar refractivity (Wildman–Crippen MR) is 203 cm³/mol. The van der Waals surface area contributed by atoms with E-state index in [9.17, 15) is 13.7 Å². The van der Waals surface area contributed by atoms with Gasteiger partial charge in [0.2, 0.25) is 0 Å². The molecule has 0 bridgehead atoms. The number of fused-ring (bicyclic) bond motifs is 8. The summed E-state index contributed by atoms with van der Waals surface area (Å²) in [5.41, 5.74) is -5.95. The lowest BCUT2D eigenvalue weighted by molar-refractivity contribution is 0.660. The Kier molecular flexibility index (Phi) is 2.57. The normalized spacial score (nSPS) is 20.7. The molecule has 0 spiro atoms. The van der Waals surface area contributed by atoms with Crippen molar-refractivity contribution in [3.63, 3.8) is 0 Å². The summed E-state index contributed by atoms with van der Waals surface area (Å²) < 4.78 is 232. The van der Waals surface area contributed by atoms with Crippen LogP contribution in [-0.2, 0) is 5.41 Å². The van der Waals surface area contributed by atoms with Gasteiger partial charge in [0.25, 0.3) is 0 Å². The largest absolute Gasteiger partial charge is 0.456 e. The fourth-order valence-corrected chi connectivity index (χ4v) is 6.61. The Balaban J connectivity index is 1.43. The van der Waals surface area contributed by atoms with E-state index >= 15 is 0 Å². The first-order valence-electron chi connectivity index (χ1n) is 27.2. The molecule has 1 aliphatic rings. The van der Waals surface area contributed by atoms with Crippen molar-refractivity contribution in [1.82, 2.24) is 0 Å². The van der Waals surface area contributed by atoms with Crippen LogP contribution in [0.3, 0.4) is 0 Å². The highest BCUT2D eigenvalue weighted by atomic mass is 16.3. The van der Waals surface area contributed by atoms with E-state index in [1.165, 1.54) is 6.07 Å². The van der Waals surface area contributed by atoms with Crippen molar-refractivity contribution in [2.75, 3.05) is 0 Å². The van der Waals surface area contributed by atoms with Crippen molar-refractivity contribution in [3.05, 3.63) is 168 Å². The fourth-order valence-electron chi connectivity index (χ4n) is 6.61. The Morgan fingerprint density at radius 1 is 0.438 bits per heavy atom. The third-order valence-electron chi connectivity index (χ3n) is 8.81. The van der Waals surface area contributed by atoms with Gasteiger partial charge in [0.1, 0.15) is 11.2 Å². The Labute approximate surface area is 314 Å². The van der Waals surface area contributed by atoms with Gasteiger partial charge in [-0.2, -0.15) is 0 Å². The second kappa shape index (κ2) is 10.0. The molecule has 0 aliphatic heterocycles. The minimum atomic E-state index is -1.25. The molecule has 9 aromatic rings. The minimum Gasteiger partial charge on any atom is -0.456 e. The van der Waals surface area contributed by atoms with Gasteiger partial charge in [0, 0.05) is 16.2 Å². The molecule has 1 nitrogen and oxygen atoms in total. The quantitative estimate of drug-likeness (QED) is 0.176. The second-order valence-electron chi connectivity index (χ2n) is 11.7. The number of benzene rings is 8. The van der Waals surface area contributed by atoms with Gasteiger partial charge in [-0.05, 0) is 95.3 Å². The first kappa shape index (κ1) is 12.3. The lowest BCUT2D eigenvalue weighted by Crippen LogP contribution is -2.14. The zero-order chi connectivity index (χ0) is 53.7. The Hall–Kier alpha value is -5.92. The SMILES string of the molecule is [2H]c1cc2c(c([2H])c1-c1c3c([2H])c([2H])c([2H])c([2H])c3c(-c3c([2H])c([2H])c(-c4c([2H])c([2H])c([2H])c5oc6c([2H])c([2H])c([2H])c([2H])c6c45)c([2H])c3[2H])c3c([2H])c([2H])c([2H])c([2H])c13)-c1c([2H])c([2H])c([2H])c([2H])c1C2(C)C. The highest BCUT2D eigenvalue weighted by Gasteiger charge is 2.35. The smallest absolute Gasteiger partial charge is 0.136 e.